The molecular weight excluding hydrogens is 404 g/mol. The number of anilines is 2. The van der Waals surface area contributed by atoms with Crippen LogP contribution in [-0.4, -0.2) is 44.4 Å². The summed E-state index contributed by atoms with van der Waals surface area (Å²) in [5.41, 5.74) is 2.28. The van der Waals surface area contributed by atoms with E-state index in [1.165, 1.54) is 24.3 Å². The number of primary sulfonamides is 1. The Kier molecular flexibility index (Phi) is 5.25. The van der Waals surface area contributed by atoms with E-state index in [1.807, 2.05) is 11.8 Å². The van der Waals surface area contributed by atoms with Crippen LogP contribution in [0.5, 0.6) is 0 Å². The highest BCUT2D eigenvalue weighted by Gasteiger charge is 2.38. The monoisotopic (exact) mass is 428 g/mol. The van der Waals surface area contributed by atoms with E-state index >= 15 is 0 Å². The van der Waals surface area contributed by atoms with E-state index in [2.05, 4.69) is 10.2 Å². The molecule has 2 amide bonds. The summed E-state index contributed by atoms with van der Waals surface area (Å²) in [6, 6.07) is 10.8. The predicted octanol–water partition coefficient (Wildman–Crippen LogP) is 2.38. The molecular formula is C21H24N4O4S. The Hall–Kier alpha value is -2.91. The zero-order chi connectivity index (χ0) is 21.5. The van der Waals surface area contributed by atoms with Gasteiger partial charge in [-0.25, -0.2) is 13.6 Å². The molecule has 0 radical (unpaired) electrons. The SMILES string of the molecule is CCN1c2cc(C(=O)Nc3ccc(S(N)(=O)=O)cc3)ccc2C(=O)N2CCCC[C@H]21. The topological polar surface area (TPSA) is 113 Å². The van der Waals surface area contributed by atoms with Crippen LogP contribution in [0.2, 0.25) is 0 Å². The lowest BCUT2D eigenvalue weighted by Crippen LogP contribution is -2.57. The molecule has 2 aromatic carbocycles. The number of carbonyl (C=O) groups excluding carboxylic acids is 2. The third-order valence-corrected chi connectivity index (χ3v) is 6.60. The lowest BCUT2D eigenvalue weighted by molar-refractivity contribution is 0.0582. The fraction of sp³-hybridized carbons (Fsp3) is 0.333. The summed E-state index contributed by atoms with van der Waals surface area (Å²) in [4.78, 5) is 29.8. The largest absolute Gasteiger partial charge is 0.351 e. The number of hydrogen-bond donors (Lipinski definition) is 2. The fourth-order valence-corrected chi connectivity index (χ4v) is 4.71. The van der Waals surface area contributed by atoms with E-state index in [0.717, 1.165) is 38.0 Å². The molecule has 2 aliphatic heterocycles. The van der Waals surface area contributed by atoms with Crippen LogP contribution >= 0.6 is 0 Å². The molecule has 0 spiro atoms. The smallest absolute Gasteiger partial charge is 0.257 e. The van der Waals surface area contributed by atoms with Crippen LogP contribution in [0.1, 0.15) is 46.9 Å². The second-order valence-corrected chi connectivity index (χ2v) is 9.08. The Labute approximate surface area is 175 Å². The molecule has 2 heterocycles. The first-order valence-corrected chi connectivity index (χ1v) is 11.5. The highest BCUT2D eigenvalue weighted by atomic mass is 32.2. The number of benzene rings is 2. The normalized spacial score (nSPS) is 18.6. The zero-order valence-electron chi connectivity index (χ0n) is 16.7. The maximum atomic E-state index is 12.9. The molecule has 1 saturated heterocycles. The Morgan fingerprint density at radius 1 is 1.17 bits per heavy atom. The van der Waals surface area contributed by atoms with E-state index < -0.39 is 10.0 Å². The minimum atomic E-state index is -3.79. The third kappa shape index (κ3) is 3.66. The molecule has 1 fully saturated rings. The van der Waals surface area contributed by atoms with E-state index in [4.69, 9.17) is 5.14 Å². The number of hydrogen-bond acceptors (Lipinski definition) is 5. The zero-order valence-corrected chi connectivity index (χ0v) is 17.5. The highest BCUT2D eigenvalue weighted by molar-refractivity contribution is 7.89. The first-order valence-electron chi connectivity index (χ1n) is 9.95. The van der Waals surface area contributed by atoms with Gasteiger partial charge in [0.15, 0.2) is 0 Å². The van der Waals surface area contributed by atoms with Gasteiger partial charge in [-0.3, -0.25) is 9.59 Å². The predicted molar refractivity (Wildman–Crippen MR) is 114 cm³/mol. The van der Waals surface area contributed by atoms with Gasteiger partial charge in [0.25, 0.3) is 11.8 Å². The standard InChI is InChI=1S/C21H24N4O4S/c1-2-24-18-13-14(6-11-17(18)21(27)25-12-4-3-5-19(24)25)20(26)23-15-7-9-16(10-8-15)30(22,28)29/h6-11,13,19H,2-5,12H2,1H3,(H,23,26)(H2,22,28,29)/t19-/m0/s1. The van der Waals surface area contributed by atoms with Crippen LogP contribution in [0.3, 0.4) is 0 Å². The van der Waals surface area contributed by atoms with Gasteiger partial charge in [-0.2, -0.15) is 0 Å². The van der Waals surface area contributed by atoms with Gasteiger partial charge in [-0.15, -0.1) is 0 Å². The minimum absolute atomic E-state index is 0.0185. The van der Waals surface area contributed by atoms with Crippen molar-refractivity contribution in [2.45, 2.75) is 37.2 Å². The Morgan fingerprint density at radius 3 is 2.57 bits per heavy atom. The van der Waals surface area contributed by atoms with Gasteiger partial charge < -0.3 is 15.1 Å². The lowest BCUT2D eigenvalue weighted by atomic mass is 9.97. The molecule has 1 atom stereocenters. The molecule has 8 nitrogen and oxygen atoms in total. The van der Waals surface area contributed by atoms with Crippen molar-refractivity contribution in [3.8, 4) is 0 Å². The van der Waals surface area contributed by atoms with Gasteiger partial charge in [0.1, 0.15) is 6.17 Å². The molecule has 2 aliphatic rings. The number of nitrogens with two attached hydrogens (primary N) is 1. The lowest BCUT2D eigenvalue weighted by Gasteiger charge is -2.47. The van der Waals surface area contributed by atoms with Gasteiger partial charge in [0.2, 0.25) is 10.0 Å². The van der Waals surface area contributed by atoms with E-state index in [-0.39, 0.29) is 22.9 Å². The van der Waals surface area contributed by atoms with Crippen molar-refractivity contribution in [1.82, 2.24) is 4.90 Å². The Balaban J connectivity index is 1.60. The molecule has 30 heavy (non-hydrogen) atoms. The van der Waals surface area contributed by atoms with Crippen molar-refractivity contribution >= 4 is 33.2 Å². The number of rotatable bonds is 4. The number of amides is 2. The van der Waals surface area contributed by atoms with Crippen LogP contribution in [0.15, 0.2) is 47.4 Å². The summed E-state index contributed by atoms with van der Waals surface area (Å²) in [5.74, 6) is -0.319. The van der Waals surface area contributed by atoms with Crippen LogP contribution in [0, 0.1) is 0 Å². The second kappa shape index (κ2) is 7.73. The number of nitrogens with zero attached hydrogens (tertiary/aromatic N) is 2. The quantitative estimate of drug-likeness (QED) is 0.776. The Morgan fingerprint density at radius 2 is 1.90 bits per heavy atom. The summed E-state index contributed by atoms with van der Waals surface area (Å²) in [7, 11) is -3.79. The van der Waals surface area contributed by atoms with Gasteiger partial charge in [-0.1, -0.05) is 0 Å². The van der Waals surface area contributed by atoms with Crippen molar-refractivity contribution in [3.05, 3.63) is 53.6 Å². The van der Waals surface area contributed by atoms with Crippen LogP contribution < -0.4 is 15.4 Å². The van der Waals surface area contributed by atoms with Crippen molar-refractivity contribution in [2.75, 3.05) is 23.3 Å². The van der Waals surface area contributed by atoms with Gasteiger partial charge in [0.05, 0.1) is 16.1 Å². The first kappa shape index (κ1) is 20.4. The molecule has 2 aromatic rings. The van der Waals surface area contributed by atoms with Crippen LogP contribution in [-0.2, 0) is 10.0 Å². The van der Waals surface area contributed by atoms with E-state index in [9.17, 15) is 18.0 Å². The van der Waals surface area contributed by atoms with Crippen LogP contribution in [0.25, 0.3) is 0 Å². The van der Waals surface area contributed by atoms with Crippen molar-refractivity contribution < 1.29 is 18.0 Å². The molecule has 0 aromatic heterocycles. The number of sulfonamides is 1. The maximum Gasteiger partial charge on any atom is 0.257 e. The number of carbonyl (C=O) groups is 2. The van der Waals surface area contributed by atoms with Gasteiger partial charge in [0, 0.05) is 24.3 Å². The second-order valence-electron chi connectivity index (χ2n) is 7.52. The van der Waals surface area contributed by atoms with Crippen LogP contribution in [0.4, 0.5) is 11.4 Å². The molecule has 0 unspecified atom stereocenters. The van der Waals surface area contributed by atoms with Gasteiger partial charge >= 0.3 is 0 Å². The Bertz CT molecular complexity index is 1100. The maximum absolute atomic E-state index is 12.9. The third-order valence-electron chi connectivity index (χ3n) is 5.67. The summed E-state index contributed by atoms with van der Waals surface area (Å²) < 4.78 is 22.7. The van der Waals surface area contributed by atoms with Crippen molar-refractivity contribution in [3.63, 3.8) is 0 Å². The summed E-state index contributed by atoms with van der Waals surface area (Å²) in [5, 5.41) is 7.85. The summed E-state index contributed by atoms with van der Waals surface area (Å²) >= 11 is 0. The van der Waals surface area contributed by atoms with E-state index in [0.29, 0.717) is 16.8 Å². The van der Waals surface area contributed by atoms with Gasteiger partial charge in [-0.05, 0) is 68.7 Å². The van der Waals surface area contributed by atoms with E-state index in [1.54, 1.807) is 18.2 Å². The first-order chi connectivity index (χ1) is 14.3. The summed E-state index contributed by atoms with van der Waals surface area (Å²) in [6.07, 6.45) is 3.05. The molecule has 4 rings (SSSR count). The van der Waals surface area contributed by atoms with Crippen molar-refractivity contribution in [2.24, 2.45) is 5.14 Å². The number of piperidine rings is 1. The average molecular weight is 429 g/mol. The number of fused-ring (bicyclic) bond motifs is 2. The molecule has 9 heteroatoms. The number of nitrogens with one attached hydrogen (secondary N) is 1. The average Bonchev–Trinajstić information content (AvgIpc) is 2.73. The molecule has 3 N–H and O–H groups in total. The molecule has 0 bridgehead atoms. The highest BCUT2D eigenvalue weighted by Crippen LogP contribution is 2.35. The van der Waals surface area contributed by atoms with Crippen molar-refractivity contribution in [1.29, 1.82) is 0 Å². The molecule has 158 valence electrons. The summed E-state index contributed by atoms with van der Waals surface area (Å²) in [6.45, 7) is 3.55. The fourth-order valence-electron chi connectivity index (χ4n) is 4.19. The minimum Gasteiger partial charge on any atom is -0.351 e. The molecule has 0 saturated carbocycles. The molecule has 0 aliphatic carbocycles.